The topological polar surface area (TPSA) is 57.5 Å². The Labute approximate surface area is 86.9 Å². The van der Waals surface area contributed by atoms with E-state index in [0.29, 0.717) is 10.6 Å². The van der Waals surface area contributed by atoms with Gasteiger partial charge in [0.05, 0.1) is 6.10 Å². The summed E-state index contributed by atoms with van der Waals surface area (Å²) in [4.78, 5) is 10.3. The van der Waals surface area contributed by atoms with Crippen LogP contribution in [-0.2, 0) is 4.79 Å². The summed E-state index contributed by atoms with van der Waals surface area (Å²) in [5.74, 6) is -0.905. The lowest BCUT2D eigenvalue weighted by atomic mass is 10.1. The van der Waals surface area contributed by atoms with Gasteiger partial charge in [0.15, 0.2) is 0 Å². The number of hydrogen-bond donors (Lipinski definition) is 2. The highest BCUT2D eigenvalue weighted by Gasteiger charge is 2.09. The van der Waals surface area contributed by atoms with E-state index in [4.69, 9.17) is 16.7 Å². The summed E-state index contributed by atoms with van der Waals surface area (Å²) in [6.07, 6.45) is -0.552. The van der Waals surface area contributed by atoms with Crippen molar-refractivity contribution in [3.63, 3.8) is 0 Å². The van der Waals surface area contributed by atoms with Crippen molar-refractivity contribution in [2.75, 3.05) is 0 Å². The van der Waals surface area contributed by atoms with Crippen LogP contribution in [0.5, 0.6) is 0 Å². The third-order valence-corrected chi connectivity index (χ3v) is 2.14. The molecule has 0 fully saturated rings. The molecule has 2 N–H and O–H groups in total. The van der Waals surface area contributed by atoms with Crippen LogP contribution >= 0.6 is 11.6 Å². The summed E-state index contributed by atoms with van der Waals surface area (Å²) in [6, 6.07) is 6.71. The molecule has 0 aliphatic rings. The van der Waals surface area contributed by atoms with Crippen LogP contribution in [0.15, 0.2) is 24.3 Å². The zero-order valence-electron chi connectivity index (χ0n) is 7.48. The monoisotopic (exact) mass is 214 g/mol. The van der Waals surface area contributed by atoms with E-state index in [1.54, 1.807) is 24.3 Å². The normalized spacial score (nSPS) is 12.4. The first-order valence-corrected chi connectivity index (χ1v) is 4.62. The minimum Gasteiger partial charge on any atom is -0.481 e. The van der Waals surface area contributed by atoms with Crippen molar-refractivity contribution in [2.24, 2.45) is 0 Å². The van der Waals surface area contributed by atoms with Gasteiger partial charge in [-0.05, 0) is 24.1 Å². The average molecular weight is 215 g/mol. The maximum atomic E-state index is 10.3. The third kappa shape index (κ3) is 3.36. The molecule has 76 valence electrons. The summed E-state index contributed by atoms with van der Waals surface area (Å²) in [5.41, 5.74) is 0.690. The fraction of sp³-hybridized carbons (Fsp3) is 0.300. The maximum absolute atomic E-state index is 10.3. The van der Waals surface area contributed by atoms with E-state index in [9.17, 15) is 9.90 Å². The van der Waals surface area contributed by atoms with E-state index < -0.39 is 12.1 Å². The first-order chi connectivity index (χ1) is 6.59. The second-order valence-electron chi connectivity index (χ2n) is 3.00. The van der Waals surface area contributed by atoms with Crippen LogP contribution in [0.4, 0.5) is 0 Å². The Bertz CT molecular complexity index is 308. The predicted octanol–water partition coefficient (Wildman–Crippen LogP) is 2.24. The Morgan fingerprint density at radius 1 is 1.36 bits per heavy atom. The van der Waals surface area contributed by atoms with Crippen molar-refractivity contribution >= 4 is 17.6 Å². The molecule has 14 heavy (non-hydrogen) atoms. The van der Waals surface area contributed by atoms with Gasteiger partial charge < -0.3 is 10.2 Å². The number of rotatable bonds is 4. The van der Waals surface area contributed by atoms with Gasteiger partial charge in [-0.15, -0.1) is 0 Å². The highest BCUT2D eigenvalue weighted by atomic mass is 35.5. The largest absolute Gasteiger partial charge is 0.481 e. The van der Waals surface area contributed by atoms with Crippen LogP contribution in [0.3, 0.4) is 0 Å². The fourth-order valence-electron chi connectivity index (χ4n) is 1.11. The first kappa shape index (κ1) is 11.0. The molecule has 0 aliphatic carbocycles. The van der Waals surface area contributed by atoms with Gasteiger partial charge in [0.1, 0.15) is 0 Å². The number of halogens is 1. The van der Waals surface area contributed by atoms with Crippen LogP contribution in [0.1, 0.15) is 24.5 Å². The number of carbonyl (C=O) groups is 1. The summed E-state index contributed by atoms with van der Waals surface area (Å²) in [7, 11) is 0. The third-order valence-electron chi connectivity index (χ3n) is 1.89. The van der Waals surface area contributed by atoms with Gasteiger partial charge in [-0.3, -0.25) is 4.79 Å². The molecule has 1 aromatic rings. The molecule has 1 rings (SSSR count). The minimum atomic E-state index is -0.905. The molecule has 0 heterocycles. The molecule has 0 saturated carbocycles. The number of benzene rings is 1. The van der Waals surface area contributed by atoms with Crippen molar-refractivity contribution in [2.45, 2.75) is 18.9 Å². The van der Waals surface area contributed by atoms with Crippen LogP contribution in [0.2, 0.25) is 5.02 Å². The highest BCUT2D eigenvalue weighted by molar-refractivity contribution is 6.30. The van der Waals surface area contributed by atoms with Crippen molar-refractivity contribution in [3.05, 3.63) is 34.9 Å². The summed E-state index contributed by atoms with van der Waals surface area (Å²) < 4.78 is 0. The second-order valence-corrected chi connectivity index (χ2v) is 3.44. The number of hydrogen-bond acceptors (Lipinski definition) is 2. The van der Waals surface area contributed by atoms with Gasteiger partial charge in [-0.25, -0.2) is 0 Å². The van der Waals surface area contributed by atoms with Crippen molar-refractivity contribution in [1.29, 1.82) is 0 Å². The molecule has 0 bridgehead atoms. The maximum Gasteiger partial charge on any atom is 0.303 e. The van der Waals surface area contributed by atoms with Crippen molar-refractivity contribution < 1.29 is 15.0 Å². The lowest BCUT2D eigenvalue weighted by molar-refractivity contribution is -0.137. The number of aliphatic carboxylic acids is 1. The Balaban J connectivity index is 2.56. The molecule has 3 nitrogen and oxygen atoms in total. The van der Waals surface area contributed by atoms with Gasteiger partial charge in [0.25, 0.3) is 0 Å². The first-order valence-electron chi connectivity index (χ1n) is 4.25. The molecule has 1 unspecified atom stereocenters. The zero-order chi connectivity index (χ0) is 10.6. The predicted molar refractivity (Wildman–Crippen MR) is 53.3 cm³/mol. The smallest absolute Gasteiger partial charge is 0.303 e. The molecule has 0 aromatic heterocycles. The fourth-order valence-corrected chi connectivity index (χ4v) is 1.24. The SMILES string of the molecule is O=C(O)CCC(O)c1ccc(Cl)cc1. The average Bonchev–Trinajstić information content (AvgIpc) is 2.15. The van der Waals surface area contributed by atoms with E-state index in [2.05, 4.69) is 0 Å². The van der Waals surface area contributed by atoms with Crippen molar-refractivity contribution in [3.8, 4) is 0 Å². The van der Waals surface area contributed by atoms with E-state index in [1.165, 1.54) is 0 Å². The number of aliphatic hydroxyl groups excluding tert-OH is 1. The lowest BCUT2D eigenvalue weighted by Gasteiger charge is -2.08. The molecule has 0 radical (unpaired) electrons. The molecule has 0 aliphatic heterocycles. The summed E-state index contributed by atoms with van der Waals surface area (Å²) >= 11 is 5.67. The van der Waals surface area contributed by atoms with Gasteiger partial charge >= 0.3 is 5.97 Å². The molecule has 1 aromatic carbocycles. The second kappa shape index (κ2) is 4.98. The van der Waals surface area contributed by atoms with E-state index in [1.807, 2.05) is 0 Å². The van der Waals surface area contributed by atoms with Crippen molar-refractivity contribution in [1.82, 2.24) is 0 Å². The molecule has 4 heteroatoms. The Morgan fingerprint density at radius 2 is 1.93 bits per heavy atom. The minimum absolute atomic E-state index is 0.0379. The molecule has 0 saturated heterocycles. The van der Waals surface area contributed by atoms with Crippen LogP contribution in [0.25, 0.3) is 0 Å². The lowest BCUT2D eigenvalue weighted by Crippen LogP contribution is -2.02. The zero-order valence-corrected chi connectivity index (χ0v) is 8.24. The molecule has 1 atom stereocenters. The van der Waals surface area contributed by atoms with Crippen LogP contribution < -0.4 is 0 Å². The van der Waals surface area contributed by atoms with E-state index in [0.717, 1.165) is 0 Å². The Hall–Kier alpha value is -1.06. The molecule has 0 spiro atoms. The van der Waals surface area contributed by atoms with Gasteiger partial charge in [-0.1, -0.05) is 23.7 Å². The van der Waals surface area contributed by atoms with Crippen LogP contribution in [-0.4, -0.2) is 16.2 Å². The summed E-state index contributed by atoms with van der Waals surface area (Å²) in [5, 5.41) is 18.6. The molecular formula is C10H11ClO3. The van der Waals surface area contributed by atoms with Crippen LogP contribution in [0, 0.1) is 0 Å². The summed E-state index contributed by atoms with van der Waals surface area (Å²) in [6.45, 7) is 0. The molecular weight excluding hydrogens is 204 g/mol. The van der Waals surface area contributed by atoms with Gasteiger partial charge in [0, 0.05) is 11.4 Å². The Kier molecular flexibility index (Phi) is 3.92. The Morgan fingerprint density at radius 3 is 2.43 bits per heavy atom. The number of carboxylic acids is 1. The van der Waals surface area contributed by atoms with Gasteiger partial charge in [-0.2, -0.15) is 0 Å². The van der Waals surface area contributed by atoms with E-state index >= 15 is 0 Å². The highest BCUT2D eigenvalue weighted by Crippen LogP contribution is 2.20. The van der Waals surface area contributed by atoms with E-state index in [-0.39, 0.29) is 12.8 Å². The quantitative estimate of drug-likeness (QED) is 0.808. The standard InChI is InChI=1S/C10H11ClO3/c11-8-3-1-7(2-4-8)9(12)5-6-10(13)14/h1-4,9,12H,5-6H2,(H,13,14). The van der Waals surface area contributed by atoms with Gasteiger partial charge in [0.2, 0.25) is 0 Å². The molecule has 0 amide bonds. The number of carboxylic acid groups (broad SMARTS) is 1. The number of aliphatic hydroxyl groups is 1.